The number of carbonyl (C=O) groups excluding carboxylic acids is 1. The molecular formula is C16H18N4O2S2. The minimum Gasteiger partial charge on any atom is -0.379 e. The van der Waals surface area contributed by atoms with Crippen LogP contribution in [0.2, 0.25) is 0 Å². The summed E-state index contributed by atoms with van der Waals surface area (Å²) in [6.45, 7) is 4.38. The van der Waals surface area contributed by atoms with Crippen LogP contribution in [0.1, 0.15) is 12.8 Å². The van der Waals surface area contributed by atoms with Crippen LogP contribution >= 0.6 is 23.1 Å². The number of nitriles is 1. The van der Waals surface area contributed by atoms with Gasteiger partial charge in [0.05, 0.1) is 23.4 Å². The summed E-state index contributed by atoms with van der Waals surface area (Å²) in [6.07, 6.45) is 1.32. The van der Waals surface area contributed by atoms with Crippen LogP contribution in [0.15, 0.2) is 23.1 Å². The number of thiazole rings is 1. The minimum absolute atomic E-state index is 0.00561. The maximum atomic E-state index is 12.1. The van der Waals surface area contributed by atoms with Gasteiger partial charge in [-0.15, -0.1) is 0 Å². The minimum atomic E-state index is -0.00561. The average Bonchev–Trinajstić information content (AvgIpc) is 2.97. The molecule has 0 saturated carbocycles. The fraction of sp³-hybridized carbons (Fsp3) is 0.438. The van der Waals surface area contributed by atoms with Gasteiger partial charge in [0.1, 0.15) is 5.40 Å². The number of rotatable bonds is 6. The van der Waals surface area contributed by atoms with Crippen molar-refractivity contribution in [2.45, 2.75) is 17.7 Å². The Morgan fingerprint density at radius 2 is 2.29 bits per heavy atom. The zero-order valence-corrected chi connectivity index (χ0v) is 14.8. The third-order valence-corrected chi connectivity index (χ3v) is 5.27. The van der Waals surface area contributed by atoms with Crippen molar-refractivity contribution in [2.24, 2.45) is 0 Å². The first-order valence-electron chi connectivity index (χ1n) is 7.81. The van der Waals surface area contributed by atoms with Crippen LogP contribution in [-0.4, -0.2) is 48.6 Å². The molecule has 0 atom stereocenters. The van der Waals surface area contributed by atoms with Gasteiger partial charge < -0.3 is 10.1 Å². The second kappa shape index (κ2) is 8.44. The molecule has 1 amide bonds. The Kier molecular flexibility index (Phi) is 6.04. The number of anilines is 1. The maximum Gasteiger partial charge on any atom is 0.226 e. The molecule has 2 heterocycles. The number of nitrogens with one attached hydrogen (secondary N) is 1. The highest BCUT2D eigenvalue weighted by Gasteiger charge is 2.12. The average molecular weight is 362 g/mol. The lowest BCUT2D eigenvalue weighted by Crippen LogP contribution is -2.37. The second-order valence-electron chi connectivity index (χ2n) is 5.45. The molecule has 24 heavy (non-hydrogen) atoms. The van der Waals surface area contributed by atoms with E-state index in [-0.39, 0.29) is 5.91 Å². The number of hydrogen-bond donors (Lipinski definition) is 1. The number of carbonyl (C=O) groups is 1. The summed E-state index contributed by atoms with van der Waals surface area (Å²) in [6, 6.07) is 5.67. The summed E-state index contributed by atoms with van der Waals surface area (Å²) in [5, 5.41) is 14.3. The summed E-state index contributed by atoms with van der Waals surface area (Å²) < 4.78 is 6.28. The van der Waals surface area contributed by atoms with Crippen LogP contribution in [0.4, 0.5) is 5.13 Å². The molecular weight excluding hydrogens is 344 g/mol. The molecule has 1 saturated heterocycles. The highest BCUT2D eigenvalue weighted by atomic mass is 32.2. The number of nitrogens with zero attached hydrogens (tertiary/aromatic N) is 3. The molecule has 1 aromatic carbocycles. The molecule has 1 aliphatic rings. The summed E-state index contributed by atoms with van der Waals surface area (Å²) in [4.78, 5) is 19.7. The first-order chi connectivity index (χ1) is 11.7. The molecule has 6 nitrogen and oxygen atoms in total. The molecule has 0 aliphatic carbocycles. The molecule has 0 spiro atoms. The Morgan fingerprint density at radius 1 is 1.46 bits per heavy atom. The Bertz CT molecular complexity index is 750. The summed E-state index contributed by atoms with van der Waals surface area (Å²) in [5.41, 5.74) is 0.839. The largest absolute Gasteiger partial charge is 0.379 e. The lowest BCUT2D eigenvalue weighted by Gasteiger charge is -2.26. The standard InChI is InChI=1S/C16H18N4O2S2/c17-11-23-12-3-4-13-14(10-12)24-16(18-13)19-15(21)2-1-5-20-6-8-22-9-7-20/h3-4,10H,1-2,5-9H2,(H,18,19,21). The normalized spacial score (nSPS) is 15.3. The van der Waals surface area contributed by atoms with E-state index in [4.69, 9.17) is 10.00 Å². The summed E-state index contributed by atoms with van der Waals surface area (Å²) in [5.74, 6) is -0.00561. The first-order valence-corrected chi connectivity index (χ1v) is 9.44. The van der Waals surface area contributed by atoms with E-state index in [0.29, 0.717) is 11.6 Å². The third-order valence-electron chi connectivity index (χ3n) is 3.75. The van der Waals surface area contributed by atoms with Gasteiger partial charge in [-0.2, -0.15) is 5.26 Å². The van der Waals surface area contributed by atoms with Crippen LogP contribution in [-0.2, 0) is 9.53 Å². The van der Waals surface area contributed by atoms with E-state index >= 15 is 0 Å². The van der Waals surface area contributed by atoms with Crippen molar-refractivity contribution < 1.29 is 9.53 Å². The number of thioether (sulfide) groups is 1. The topological polar surface area (TPSA) is 78.2 Å². The van der Waals surface area contributed by atoms with E-state index < -0.39 is 0 Å². The number of morpholine rings is 1. The van der Waals surface area contributed by atoms with Crippen LogP contribution < -0.4 is 5.32 Å². The molecule has 0 unspecified atom stereocenters. The molecule has 0 radical (unpaired) electrons. The SMILES string of the molecule is N#CSc1ccc2nc(NC(=O)CCCN3CCOCC3)sc2c1. The smallest absolute Gasteiger partial charge is 0.226 e. The van der Waals surface area contributed by atoms with Gasteiger partial charge >= 0.3 is 0 Å². The van der Waals surface area contributed by atoms with Gasteiger partial charge in [0, 0.05) is 24.4 Å². The zero-order valence-electron chi connectivity index (χ0n) is 13.2. The quantitative estimate of drug-likeness (QED) is 0.629. The van der Waals surface area contributed by atoms with Crippen molar-refractivity contribution in [2.75, 3.05) is 38.2 Å². The lowest BCUT2D eigenvalue weighted by atomic mass is 10.2. The molecule has 0 bridgehead atoms. The molecule has 1 aliphatic heterocycles. The fourth-order valence-corrected chi connectivity index (χ4v) is 3.96. The van der Waals surface area contributed by atoms with E-state index in [1.807, 2.05) is 18.2 Å². The Morgan fingerprint density at radius 3 is 3.08 bits per heavy atom. The Labute approximate surface area is 148 Å². The zero-order chi connectivity index (χ0) is 16.8. The van der Waals surface area contributed by atoms with Crippen molar-refractivity contribution in [1.29, 1.82) is 5.26 Å². The van der Waals surface area contributed by atoms with Crippen molar-refractivity contribution in [3.05, 3.63) is 18.2 Å². The number of aromatic nitrogens is 1. The molecule has 1 fully saturated rings. The molecule has 126 valence electrons. The Hall–Kier alpha value is -1.66. The van der Waals surface area contributed by atoms with Crippen molar-refractivity contribution in [3.8, 4) is 5.40 Å². The predicted molar refractivity (Wildman–Crippen MR) is 96.2 cm³/mol. The number of fused-ring (bicyclic) bond motifs is 1. The van der Waals surface area contributed by atoms with Crippen LogP contribution in [0.3, 0.4) is 0 Å². The van der Waals surface area contributed by atoms with Gasteiger partial charge in [0.25, 0.3) is 0 Å². The number of amides is 1. The molecule has 3 rings (SSSR count). The van der Waals surface area contributed by atoms with Crippen LogP contribution in [0, 0.1) is 10.7 Å². The maximum absolute atomic E-state index is 12.1. The van der Waals surface area contributed by atoms with Gasteiger partial charge in [-0.3, -0.25) is 9.69 Å². The highest BCUT2D eigenvalue weighted by molar-refractivity contribution is 8.03. The van der Waals surface area contributed by atoms with E-state index in [1.54, 1.807) is 0 Å². The second-order valence-corrected chi connectivity index (χ2v) is 7.34. The van der Waals surface area contributed by atoms with Gasteiger partial charge in [0.2, 0.25) is 5.91 Å². The molecule has 1 N–H and O–H groups in total. The molecule has 8 heteroatoms. The predicted octanol–water partition coefficient (Wildman–Crippen LogP) is 2.92. The van der Waals surface area contributed by atoms with E-state index in [2.05, 4.69) is 20.6 Å². The number of ether oxygens (including phenoxy) is 1. The van der Waals surface area contributed by atoms with Crippen LogP contribution in [0.25, 0.3) is 10.2 Å². The van der Waals surface area contributed by atoms with Gasteiger partial charge in [-0.05, 0) is 42.9 Å². The van der Waals surface area contributed by atoms with Crippen molar-refractivity contribution in [3.63, 3.8) is 0 Å². The fourth-order valence-electron chi connectivity index (χ4n) is 2.54. The first kappa shape index (κ1) is 17.2. The number of thiocyanates is 1. The summed E-state index contributed by atoms with van der Waals surface area (Å²) in [7, 11) is 0. The van der Waals surface area contributed by atoms with Gasteiger partial charge in [0.15, 0.2) is 5.13 Å². The lowest BCUT2D eigenvalue weighted by molar-refractivity contribution is -0.116. The highest BCUT2D eigenvalue weighted by Crippen LogP contribution is 2.29. The number of benzene rings is 1. The van der Waals surface area contributed by atoms with Gasteiger partial charge in [-0.25, -0.2) is 4.98 Å². The Balaban J connectivity index is 1.50. The third kappa shape index (κ3) is 4.68. The van der Waals surface area contributed by atoms with E-state index in [1.165, 1.54) is 11.3 Å². The van der Waals surface area contributed by atoms with Crippen LogP contribution in [0.5, 0.6) is 0 Å². The molecule has 1 aromatic heterocycles. The summed E-state index contributed by atoms with van der Waals surface area (Å²) >= 11 is 2.56. The van der Waals surface area contributed by atoms with E-state index in [9.17, 15) is 4.79 Å². The van der Waals surface area contributed by atoms with Crippen molar-refractivity contribution in [1.82, 2.24) is 9.88 Å². The van der Waals surface area contributed by atoms with Gasteiger partial charge in [-0.1, -0.05) is 11.3 Å². The van der Waals surface area contributed by atoms with Crippen molar-refractivity contribution >= 4 is 44.4 Å². The molecule has 2 aromatic rings. The monoisotopic (exact) mass is 362 g/mol. The van der Waals surface area contributed by atoms with E-state index in [0.717, 1.165) is 66.1 Å². The number of hydrogen-bond acceptors (Lipinski definition) is 7.